The van der Waals surface area contributed by atoms with Crippen molar-refractivity contribution in [3.63, 3.8) is 0 Å². The zero-order valence-electron chi connectivity index (χ0n) is 12.4. The molecule has 0 aromatic heterocycles. The summed E-state index contributed by atoms with van der Waals surface area (Å²) in [5, 5.41) is 3.36. The lowest BCUT2D eigenvalue weighted by Gasteiger charge is -2.23. The second-order valence-corrected chi connectivity index (χ2v) is 7.79. The predicted molar refractivity (Wildman–Crippen MR) is 78.3 cm³/mol. The van der Waals surface area contributed by atoms with Crippen molar-refractivity contribution < 1.29 is 13.2 Å². The molecule has 1 aliphatic heterocycles. The highest BCUT2D eigenvalue weighted by Gasteiger charge is 2.30. The molecule has 19 heavy (non-hydrogen) atoms. The molecule has 1 N–H and O–H groups in total. The first-order valence-corrected chi connectivity index (χ1v) is 8.96. The second-order valence-electron chi connectivity index (χ2n) is 5.56. The van der Waals surface area contributed by atoms with E-state index in [0.717, 1.165) is 39.1 Å². The van der Waals surface area contributed by atoms with Crippen molar-refractivity contribution >= 4 is 9.84 Å². The first kappa shape index (κ1) is 16.9. The summed E-state index contributed by atoms with van der Waals surface area (Å²) in [7, 11) is -0.761. The first-order valence-electron chi connectivity index (χ1n) is 7.14. The van der Waals surface area contributed by atoms with Crippen LogP contribution in [-0.4, -0.2) is 70.3 Å². The van der Waals surface area contributed by atoms with E-state index in [1.165, 1.54) is 0 Å². The Hall–Kier alpha value is -0.170. The van der Waals surface area contributed by atoms with Crippen molar-refractivity contribution in [1.29, 1.82) is 0 Å². The van der Waals surface area contributed by atoms with E-state index in [4.69, 9.17) is 4.74 Å². The summed E-state index contributed by atoms with van der Waals surface area (Å²) in [5.74, 6) is 0.674. The number of hydrogen-bond donors (Lipinski definition) is 1. The molecule has 0 bridgehead atoms. The molecule has 0 aliphatic carbocycles. The molecule has 1 aliphatic rings. The number of likely N-dealkylation sites (N-methyl/N-ethyl adjacent to an activating group) is 1. The van der Waals surface area contributed by atoms with E-state index in [-0.39, 0.29) is 6.04 Å². The molecule has 1 atom stereocenters. The number of hydrogen-bond acceptors (Lipinski definition) is 5. The van der Waals surface area contributed by atoms with E-state index in [1.54, 1.807) is 0 Å². The van der Waals surface area contributed by atoms with Crippen molar-refractivity contribution in [1.82, 2.24) is 10.2 Å². The van der Waals surface area contributed by atoms with Crippen LogP contribution in [0.3, 0.4) is 0 Å². The van der Waals surface area contributed by atoms with E-state index >= 15 is 0 Å². The van der Waals surface area contributed by atoms with Crippen LogP contribution in [0.5, 0.6) is 0 Å². The molecule has 0 aromatic rings. The van der Waals surface area contributed by atoms with Crippen LogP contribution in [-0.2, 0) is 14.6 Å². The fourth-order valence-corrected chi connectivity index (χ4v) is 4.01. The molecular weight excluding hydrogens is 264 g/mol. The van der Waals surface area contributed by atoms with Crippen LogP contribution in [0.25, 0.3) is 0 Å². The monoisotopic (exact) mass is 292 g/mol. The Kier molecular flexibility index (Phi) is 7.28. The summed E-state index contributed by atoms with van der Waals surface area (Å²) in [4.78, 5) is 2.15. The summed E-state index contributed by atoms with van der Waals surface area (Å²) in [6.07, 6.45) is 2.09. The highest BCUT2D eigenvalue weighted by atomic mass is 32.2. The maximum atomic E-state index is 11.4. The molecule has 114 valence electrons. The Morgan fingerprint density at radius 1 is 1.37 bits per heavy atom. The van der Waals surface area contributed by atoms with Crippen LogP contribution in [0.4, 0.5) is 0 Å². The number of ether oxygens (including phenoxy) is 1. The number of nitrogens with one attached hydrogen (secondary N) is 1. The Labute approximate surface area is 117 Å². The fraction of sp³-hybridized carbons (Fsp3) is 1.00. The third-order valence-corrected chi connectivity index (χ3v) is 5.17. The van der Waals surface area contributed by atoms with Gasteiger partial charge in [0.1, 0.15) is 0 Å². The lowest BCUT2D eigenvalue weighted by Crippen LogP contribution is -2.38. The summed E-state index contributed by atoms with van der Waals surface area (Å²) in [6.45, 7) is 7.61. The van der Waals surface area contributed by atoms with Gasteiger partial charge in [-0.15, -0.1) is 0 Å². The van der Waals surface area contributed by atoms with Crippen LogP contribution >= 0.6 is 0 Å². The summed E-state index contributed by atoms with van der Waals surface area (Å²) < 4.78 is 28.2. The summed E-state index contributed by atoms with van der Waals surface area (Å²) >= 11 is 0. The van der Waals surface area contributed by atoms with Gasteiger partial charge in [-0.25, -0.2) is 8.42 Å². The molecule has 0 aromatic carbocycles. The minimum Gasteiger partial charge on any atom is -0.379 e. The van der Waals surface area contributed by atoms with Gasteiger partial charge in [-0.3, -0.25) is 0 Å². The van der Waals surface area contributed by atoms with Crippen molar-refractivity contribution in [3.05, 3.63) is 0 Å². The van der Waals surface area contributed by atoms with Gasteiger partial charge in [0.25, 0.3) is 0 Å². The maximum absolute atomic E-state index is 11.4. The van der Waals surface area contributed by atoms with Gasteiger partial charge in [-0.2, -0.15) is 0 Å². The fourth-order valence-electron chi connectivity index (χ4n) is 2.20. The van der Waals surface area contributed by atoms with Crippen LogP contribution in [0, 0.1) is 0 Å². The minimum absolute atomic E-state index is 0.205. The van der Waals surface area contributed by atoms with Crippen molar-refractivity contribution in [2.45, 2.75) is 38.8 Å². The van der Waals surface area contributed by atoms with Gasteiger partial charge in [0.2, 0.25) is 0 Å². The third-order valence-electron chi connectivity index (χ3n) is 3.42. The van der Waals surface area contributed by atoms with E-state index in [1.807, 2.05) is 20.9 Å². The Balaban J connectivity index is 2.00. The van der Waals surface area contributed by atoms with Gasteiger partial charge in [0.05, 0.1) is 17.6 Å². The van der Waals surface area contributed by atoms with Crippen molar-refractivity contribution in [2.24, 2.45) is 0 Å². The minimum atomic E-state index is -2.77. The lowest BCUT2D eigenvalue weighted by atomic mass is 10.2. The molecule has 0 spiro atoms. The van der Waals surface area contributed by atoms with Crippen LogP contribution in [0.1, 0.15) is 26.7 Å². The Morgan fingerprint density at radius 3 is 2.68 bits per heavy atom. The molecule has 1 rings (SSSR count). The first-order chi connectivity index (χ1) is 8.91. The van der Waals surface area contributed by atoms with Gasteiger partial charge in [-0.1, -0.05) is 0 Å². The van der Waals surface area contributed by atoms with Crippen LogP contribution < -0.4 is 5.32 Å². The third kappa shape index (κ3) is 7.25. The smallest absolute Gasteiger partial charge is 0.151 e. The SMILES string of the molecule is CC(C)OCCCNCCN(C)C1CCS(=O)(=O)C1. The molecular formula is C13H28N2O3S. The average Bonchev–Trinajstić information content (AvgIpc) is 2.68. The van der Waals surface area contributed by atoms with Gasteiger partial charge < -0.3 is 15.0 Å². The maximum Gasteiger partial charge on any atom is 0.151 e. The van der Waals surface area contributed by atoms with Gasteiger partial charge in [0.15, 0.2) is 9.84 Å². The van der Waals surface area contributed by atoms with Crippen LogP contribution in [0.15, 0.2) is 0 Å². The molecule has 1 fully saturated rings. The molecule has 1 heterocycles. The zero-order valence-corrected chi connectivity index (χ0v) is 13.2. The lowest BCUT2D eigenvalue weighted by molar-refractivity contribution is 0.0770. The Morgan fingerprint density at radius 2 is 2.11 bits per heavy atom. The molecule has 6 heteroatoms. The molecule has 0 radical (unpaired) electrons. The summed E-state index contributed by atoms with van der Waals surface area (Å²) in [5.41, 5.74) is 0. The zero-order chi connectivity index (χ0) is 14.3. The van der Waals surface area contributed by atoms with Gasteiger partial charge >= 0.3 is 0 Å². The normalized spacial score (nSPS) is 22.5. The summed E-state index contributed by atoms with van der Waals surface area (Å²) in [6, 6.07) is 0.205. The molecule has 1 saturated heterocycles. The number of rotatable bonds is 9. The quantitative estimate of drug-likeness (QED) is 0.628. The van der Waals surface area contributed by atoms with E-state index < -0.39 is 9.84 Å². The molecule has 5 nitrogen and oxygen atoms in total. The number of sulfone groups is 1. The topological polar surface area (TPSA) is 58.6 Å². The average molecular weight is 292 g/mol. The van der Waals surface area contributed by atoms with Gasteiger partial charge in [0, 0.05) is 25.7 Å². The van der Waals surface area contributed by atoms with E-state index in [2.05, 4.69) is 10.2 Å². The van der Waals surface area contributed by atoms with E-state index in [9.17, 15) is 8.42 Å². The van der Waals surface area contributed by atoms with E-state index in [0.29, 0.717) is 17.6 Å². The highest BCUT2D eigenvalue weighted by Crippen LogP contribution is 2.15. The molecule has 1 unspecified atom stereocenters. The van der Waals surface area contributed by atoms with Gasteiger partial charge in [-0.05, 0) is 40.3 Å². The second kappa shape index (κ2) is 8.19. The molecule has 0 amide bonds. The number of nitrogens with zero attached hydrogens (tertiary/aromatic N) is 1. The van der Waals surface area contributed by atoms with Crippen molar-refractivity contribution in [2.75, 3.05) is 44.8 Å². The molecule has 0 saturated carbocycles. The Bertz CT molecular complexity index is 344. The standard InChI is InChI=1S/C13H28N2O3S/c1-12(2)18-9-4-6-14-7-8-15(3)13-5-10-19(16,17)11-13/h12-14H,4-11H2,1-3H3. The largest absolute Gasteiger partial charge is 0.379 e. The van der Waals surface area contributed by atoms with Crippen LogP contribution in [0.2, 0.25) is 0 Å². The predicted octanol–water partition coefficient (Wildman–Crippen LogP) is 0.510. The van der Waals surface area contributed by atoms with Crippen molar-refractivity contribution in [3.8, 4) is 0 Å². The highest BCUT2D eigenvalue weighted by molar-refractivity contribution is 7.91.